The summed E-state index contributed by atoms with van der Waals surface area (Å²) >= 11 is 0. The Hall–Kier alpha value is -1.67. The lowest BCUT2D eigenvalue weighted by molar-refractivity contribution is 0.238. The first-order chi connectivity index (χ1) is 12.9. The quantitative estimate of drug-likeness (QED) is 0.368. The van der Waals surface area contributed by atoms with Crippen molar-refractivity contribution in [1.29, 1.82) is 0 Å². The third-order valence-electron chi connectivity index (χ3n) is 5.69. The van der Waals surface area contributed by atoms with Crippen molar-refractivity contribution in [2.45, 2.75) is 65.7 Å². The van der Waals surface area contributed by atoms with Crippen molar-refractivity contribution in [2.75, 3.05) is 6.61 Å². The molecule has 0 aromatic heterocycles. The maximum atomic E-state index is 6.55. The van der Waals surface area contributed by atoms with E-state index in [0.29, 0.717) is 5.92 Å². The third kappa shape index (κ3) is 5.03. The van der Waals surface area contributed by atoms with Crippen molar-refractivity contribution in [1.82, 2.24) is 0 Å². The van der Waals surface area contributed by atoms with E-state index in [1.165, 1.54) is 52.8 Å². The molecule has 0 heterocycles. The predicted molar refractivity (Wildman–Crippen MR) is 129 cm³/mol. The summed E-state index contributed by atoms with van der Waals surface area (Å²) in [5, 5.41) is 4.98. The average molecular weight is 397 g/mol. The van der Waals surface area contributed by atoms with Crippen LogP contribution >= 0.6 is 13.5 Å². The molecule has 0 aliphatic rings. The SMILES string of the molecule is CCCCC(CC)COc1c2ccccc2cc2ccc(C(C)(C)C)cc12.S. The molecule has 3 rings (SSSR count). The molecule has 3 aromatic rings. The van der Waals surface area contributed by atoms with Gasteiger partial charge in [-0.1, -0.05) is 90.3 Å². The Labute approximate surface area is 177 Å². The Balaban J connectivity index is 0.00000280. The van der Waals surface area contributed by atoms with Crippen LogP contribution in [0.3, 0.4) is 0 Å². The van der Waals surface area contributed by atoms with Crippen molar-refractivity contribution < 1.29 is 4.74 Å². The Morgan fingerprint density at radius 3 is 2.29 bits per heavy atom. The van der Waals surface area contributed by atoms with E-state index in [-0.39, 0.29) is 18.9 Å². The standard InChI is InChI=1S/C26H34O.H2S/c1-6-8-11-19(7-2)18-27-25-23-13-10-9-12-20(23)16-21-14-15-22(17-24(21)25)26(3,4)5;/h9-10,12-17,19H,6-8,11,18H2,1-5H3;1H2. The zero-order chi connectivity index (χ0) is 19.4. The van der Waals surface area contributed by atoms with E-state index < -0.39 is 0 Å². The van der Waals surface area contributed by atoms with Gasteiger partial charge in [0.15, 0.2) is 0 Å². The minimum atomic E-state index is 0. The van der Waals surface area contributed by atoms with Gasteiger partial charge in [0.05, 0.1) is 6.61 Å². The number of unbranched alkanes of at least 4 members (excludes halogenated alkanes) is 1. The highest BCUT2D eigenvalue weighted by Crippen LogP contribution is 2.37. The fourth-order valence-corrected chi connectivity index (χ4v) is 3.74. The molecule has 0 N–H and O–H groups in total. The molecule has 1 unspecified atom stereocenters. The summed E-state index contributed by atoms with van der Waals surface area (Å²) in [7, 11) is 0. The van der Waals surface area contributed by atoms with Gasteiger partial charge in [-0.05, 0) is 46.2 Å². The van der Waals surface area contributed by atoms with Crippen LogP contribution in [0.2, 0.25) is 0 Å². The van der Waals surface area contributed by atoms with Crippen molar-refractivity contribution >= 4 is 35.0 Å². The van der Waals surface area contributed by atoms with Gasteiger partial charge in [-0.25, -0.2) is 0 Å². The monoisotopic (exact) mass is 396 g/mol. The molecule has 0 amide bonds. The van der Waals surface area contributed by atoms with Gasteiger partial charge in [0, 0.05) is 10.8 Å². The molecule has 0 saturated carbocycles. The van der Waals surface area contributed by atoms with Crippen molar-refractivity contribution in [3.05, 3.63) is 54.1 Å². The number of benzene rings is 3. The molecule has 1 nitrogen and oxygen atoms in total. The highest BCUT2D eigenvalue weighted by molar-refractivity contribution is 7.59. The van der Waals surface area contributed by atoms with E-state index in [9.17, 15) is 0 Å². The zero-order valence-corrected chi connectivity index (χ0v) is 19.1. The largest absolute Gasteiger partial charge is 0.492 e. The molecule has 0 saturated heterocycles. The van der Waals surface area contributed by atoms with Crippen LogP contribution in [0.5, 0.6) is 5.75 Å². The lowest BCUT2D eigenvalue weighted by Gasteiger charge is -2.22. The number of fused-ring (bicyclic) bond motifs is 2. The van der Waals surface area contributed by atoms with Crippen LogP contribution in [0.4, 0.5) is 0 Å². The molecule has 0 spiro atoms. The molecular weight excluding hydrogens is 360 g/mol. The molecule has 28 heavy (non-hydrogen) atoms. The molecular formula is C26H36OS. The van der Waals surface area contributed by atoms with Gasteiger partial charge in [0.2, 0.25) is 0 Å². The van der Waals surface area contributed by atoms with Crippen LogP contribution in [0, 0.1) is 5.92 Å². The fourth-order valence-electron chi connectivity index (χ4n) is 3.74. The second kappa shape index (κ2) is 9.69. The van der Waals surface area contributed by atoms with Crippen LogP contribution in [0.25, 0.3) is 21.5 Å². The smallest absolute Gasteiger partial charge is 0.134 e. The van der Waals surface area contributed by atoms with Gasteiger partial charge in [-0.2, -0.15) is 13.5 Å². The number of ether oxygens (including phenoxy) is 1. The van der Waals surface area contributed by atoms with Crippen molar-refractivity contribution in [3.8, 4) is 5.75 Å². The van der Waals surface area contributed by atoms with E-state index in [0.717, 1.165) is 12.4 Å². The van der Waals surface area contributed by atoms with Crippen molar-refractivity contribution in [2.24, 2.45) is 5.92 Å². The minimum absolute atomic E-state index is 0. The van der Waals surface area contributed by atoms with Gasteiger partial charge in [0.25, 0.3) is 0 Å². The van der Waals surface area contributed by atoms with E-state index in [4.69, 9.17) is 4.74 Å². The first-order valence-corrected chi connectivity index (χ1v) is 10.5. The fraction of sp³-hybridized carbons (Fsp3) is 0.462. The molecule has 0 fully saturated rings. The van der Waals surface area contributed by atoms with Crippen LogP contribution in [-0.2, 0) is 5.41 Å². The third-order valence-corrected chi connectivity index (χ3v) is 5.69. The molecule has 0 aliphatic carbocycles. The van der Waals surface area contributed by atoms with Gasteiger partial charge in [-0.15, -0.1) is 0 Å². The second-order valence-corrected chi connectivity index (χ2v) is 8.84. The number of hydrogen-bond acceptors (Lipinski definition) is 1. The second-order valence-electron chi connectivity index (χ2n) is 8.84. The van der Waals surface area contributed by atoms with E-state index in [1.807, 2.05) is 0 Å². The summed E-state index contributed by atoms with van der Waals surface area (Å²) in [4.78, 5) is 0. The van der Waals surface area contributed by atoms with Gasteiger partial charge in [0.1, 0.15) is 5.75 Å². The van der Waals surface area contributed by atoms with Gasteiger partial charge in [-0.3, -0.25) is 0 Å². The Bertz CT molecular complexity index is 907. The highest BCUT2D eigenvalue weighted by atomic mass is 32.1. The molecule has 0 aliphatic heterocycles. The lowest BCUT2D eigenvalue weighted by atomic mass is 9.85. The first-order valence-electron chi connectivity index (χ1n) is 10.5. The maximum absolute atomic E-state index is 6.55. The van der Waals surface area contributed by atoms with E-state index in [1.54, 1.807) is 0 Å². The Morgan fingerprint density at radius 2 is 1.61 bits per heavy atom. The molecule has 0 radical (unpaired) electrons. The van der Waals surface area contributed by atoms with Gasteiger partial charge < -0.3 is 4.74 Å². The summed E-state index contributed by atoms with van der Waals surface area (Å²) in [5.74, 6) is 1.69. The van der Waals surface area contributed by atoms with E-state index >= 15 is 0 Å². The van der Waals surface area contributed by atoms with Crippen LogP contribution in [0.1, 0.15) is 65.9 Å². The lowest BCUT2D eigenvalue weighted by Crippen LogP contribution is -2.12. The number of hydrogen-bond donors (Lipinski definition) is 0. The Morgan fingerprint density at radius 1 is 0.893 bits per heavy atom. The molecule has 3 aromatic carbocycles. The molecule has 1 atom stereocenters. The minimum Gasteiger partial charge on any atom is -0.492 e. The van der Waals surface area contributed by atoms with Crippen molar-refractivity contribution in [3.63, 3.8) is 0 Å². The topological polar surface area (TPSA) is 9.23 Å². The number of rotatable bonds is 7. The van der Waals surface area contributed by atoms with Gasteiger partial charge >= 0.3 is 0 Å². The summed E-state index contributed by atoms with van der Waals surface area (Å²) in [6.45, 7) is 12.2. The normalized spacial score (nSPS) is 12.8. The average Bonchev–Trinajstić information content (AvgIpc) is 2.66. The zero-order valence-electron chi connectivity index (χ0n) is 18.1. The molecule has 2 heteroatoms. The van der Waals surface area contributed by atoms with Crippen LogP contribution < -0.4 is 4.74 Å². The summed E-state index contributed by atoms with van der Waals surface area (Å²) in [5.41, 5.74) is 1.48. The predicted octanol–water partition coefficient (Wildman–Crippen LogP) is 8.00. The summed E-state index contributed by atoms with van der Waals surface area (Å²) in [6, 6.07) is 17.7. The summed E-state index contributed by atoms with van der Waals surface area (Å²) < 4.78 is 6.55. The Kier molecular flexibility index (Phi) is 7.83. The van der Waals surface area contributed by atoms with Crippen LogP contribution in [-0.4, -0.2) is 6.61 Å². The maximum Gasteiger partial charge on any atom is 0.134 e. The van der Waals surface area contributed by atoms with Crippen LogP contribution in [0.15, 0.2) is 48.5 Å². The molecule has 0 bridgehead atoms. The molecule has 152 valence electrons. The summed E-state index contributed by atoms with van der Waals surface area (Å²) in [6.07, 6.45) is 4.97. The van der Waals surface area contributed by atoms with E-state index in [2.05, 4.69) is 83.1 Å². The first kappa shape index (κ1) is 22.6. The highest BCUT2D eigenvalue weighted by Gasteiger charge is 2.17.